The predicted molar refractivity (Wildman–Crippen MR) is 65.0 cm³/mol. The van der Waals surface area contributed by atoms with E-state index in [2.05, 4.69) is 4.98 Å². The Morgan fingerprint density at radius 1 is 1.44 bits per heavy atom. The van der Waals surface area contributed by atoms with E-state index in [4.69, 9.17) is 0 Å². The van der Waals surface area contributed by atoms with Gasteiger partial charge in [-0.1, -0.05) is 35.3 Å². The minimum atomic E-state index is -0.693. The molecule has 1 aromatic heterocycles. The van der Waals surface area contributed by atoms with Crippen LogP contribution < -0.4 is 0 Å². The Hall–Kier alpha value is -2.21. The van der Waals surface area contributed by atoms with Crippen LogP contribution in [0.1, 0.15) is 17.4 Å². The molecule has 0 aliphatic rings. The van der Waals surface area contributed by atoms with Crippen LogP contribution in [-0.4, -0.2) is 19.6 Å². The van der Waals surface area contributed by atoms with E-state index in [9.17, 15) is 15.2 Å². The maximum Gasteiger partial charge on any atom is 0.434 e. The summed E-state index contributed by atoms with van der Waals surface area (Å²) >= 11 is 0. The summed E-state index contributed by atoms with van der Waals surface area (Å²) in [6.45, 7) is 0. The van der Waals surface area contributed by atoms with Gasteiger partial charge in [-0.05, 0) is 10.5 Å². The summed E-state index contributed by atoms with van der Waals surface area (Å²) < 4.78 is 1.38. The molecule has 1 aromatic carbocycles. The largest absolute Gasteiger partial charge is 0.434 e. The van der Waals surface area contributed by atoms with Gasteiger partial charge in [0, 0.05) is 6.42 Å². The fraction of sp³-hybridized carbons (Fsp3) is 0.250. The number of imidazole rings is 1. The molecule has 1 heterocycles. The number of hydrogen-bond acceptors (Lipinski definition) is 4. The molecule has 1 N–H and O–H groups in total. The molecule has 0 aliphatic heterocycles. The highest BCUT2D eigenvalue weighted by Crippen LogP contribution is 2.20. The normalized spacial score (nSPS) is 12.3. The molecule has 2 rings (SSSR count). The highest BCUT2D eigenvalue weighted by Gasteiger charge is 2.20. The molecule has 2 aromatic rings. The molecular formula is C12H13N3O3. The predicted octanol–water partition coefficient (Wildman–Crippen LogP) is 1.60. The Balaban J connectivity index is 2.17. The minimum absolute atomic E-state index is 0.217. The van der Waals surface area contributed by atoms with E-state index in [1.807, 2.05) is 30.3 Å². The topological polar surface area (TPSA) is 81.2 Å². The van der Waals surface area contributed by atoms with E-state index >= 15 is 0 Å². The zero-order chi connectivity index (χ0) is 13.1. The van der Waals surface area contributed by atoms with E-state index in [0.717, 1.165) is 5.56 Å². The second-order valence-corrected chi connectivity index (χ2v) is 4.00. The summed E-state index contributed by atoms with van der Waals surface area (Å²) in [5, 5.41) is 20.7. The van der Waals surface area contributed by atoms with Gasteiger partial charge in [0.25, 0.3) is 0 Å². The zero-order valence-corrected chi connectivity index (χ0v) is 9.85. The molecule has 1 atom stereocenters. The summed E-state index contributed by atoms with van der Waals surface area (Å²) in [5.74, 6) is -0.217. The first-order chi connectivity index (χ1) is 8.59. The third-order valence-electron chi connectivity index (χ3n) is 2.81. The molecule has 18 heavy (non-hydrogen) atoms. The molecule has 6 nitrogen and oxygen atoms in total. The minimum Gasteiger partial charge on any atom is -0.390 e. The molecular weight excluding hydrogens is 234 g/mol. The second-order valence-electron chi connectivity index (χ2n) is 4.00. The summed E-state index contributed by atoms with van der Waals surface area (Å²) in [4.78, 5) is 13.8. The Morgan fingerprint density at radius 2 is 2.11 bits per heavy atom. The standard InChI is InChI=1S/C12H13N3O3/c1-14-10(8-13-12(14)15(17)18)7-11(16)9-5-3-2-4-6-9/h2-6,8,11,16H,7H2,1H3. The van der Waals surface area contributed by atoms with Gasteiger partial charge in [0.1, 0.15) is 11.9 Å². The van der Waals surface area contributed by atoms with Crippen molar-refractivity contribution in [2.24, 2.45) is 7.05 Å². The first-order valence-corrected chi connectivity index (χ1v) is 5.47. The number of aliphatic hydroxyl groups is 1. The number of hydrogen-bond donors (Lipinski definition) is 1. The zero-order valence-electron chi connectivity index (χ0n) is 9.85. The molecule has 0 saturated heterocycles. The Bertz CT molecular complexity index is 551. The van der Waals surface area contributed by atoms with Crippen LogP contribution >= 0.6 is 0 Å². The van der Waals surface area contributed by atoms with Crippen LogP contribution in [0.15, 0.2) is 36.5 Å². The van der Waals surface area contributed by atoms with E-state index in [-0.39, 0.29) is 5.95 Å². The second kappa shape index (κ2) is 4.97. The maximum absolute atomic E-state index is 10.7. The third kappa shape index (κ3) is 2.38. The Morgan fingerprint density at radius 3 is 2.67 bits per heavy atom. The first kappa shape index (κ1) is 12.3. The van der Waals surface area contributed by atoms with Gasteiger partial charge < -0.3 is 15.2 Å². The molecule has 6 heteroatoms. The SMILES string of the molecule is Cn1c(CC(O)c2ccccc2)cnc1[N+](=O)[O-]. The van der Waals surface area contributed by atoms with Gasteiger partial charge in [-0.25, -0.2) is 4.57 Å². The highest BCUT2D eigenvalue weighted by molar-refractivity contribution is 5.21. The van der Waals surface area contributed by atoms with Gasteiger partial charge in [-0.2, -0.15) is 0 Å². The number of aliphatic hydroxyl groups excluding tert-OH is 1. The lowest BCUT2D eigenvalue weighted by Crippen LogP contribution is -2.07. The summed E-state index contributed by atoms with van der Waals surface area (Å²) in [7, 11) is 1.57. The van der Waals surface area contributed by atoms with Crippen molar-refractivity contribution >= 4 is 5.95 Å². The number of rotatable bonds is 4. The molecule has 0 spiro atoms. The first-order valence-electron chi connectivity index (χ1n) is 5.47. The van der Waals surface area contributed by atoms with Crippen LogP contribution in [0.2, 0.25) is 0 Å². The van der Waals surface area contributed by atoms with E-state index in [1.165, 1.54) is 10.8 Å². The quantitative estimate of drug-likeness (QED) is 0.657. The van der Waals surface area contributed by atoms with Crippen molar-refractivity contribution in [3.05, 3.63) is 57.9 Å². The van der Waals surface area contributed by atoms with Gasteiger partial charge in [-0.15, -0.1) is 0 Å². The van der Waals surface area contributed by atoms with E-state index < -0.39 is 11.0 Å². The van der Waals surface area contributed by atoms with Gasteiger partial charge in [0.2, 0.25) is 0 Å². The molecule has 0 radical (unpaired) electrons. The summed E-state index contributed by atoms with van der Waals surface area (Å²) in [6, 6.07) is 9.17. The monoisotopic (exact) mass is 247 g/mol. The fourth-order valence-electron chi connectivity index (χ4n) is 1.78. The van der Waals surface area contributed by atoms with Crippen LogP contribution in [0.25, 0.3) is 0 Å². The number of nitro groups is 1. The van der Waals surface area contributed by atoms with Crippen molar-refractivity contribution in [2.75, 3.05) is 0 Å². The molecule has 94 valence electrons. The van der Waals surface area contributed by atoms with Crippen molar-refractivity contribution in [1.82, 2.24) is 9.55 Å². The summed E-state index contributed by atoms with van der Waals surface area (Å²) in [5.41, 5.74) is 1.40. The van der Waals surface area contributed by atoms with E-state index in [0.29, 0.717) is 12.1 Å². The van der Waals surface area contributed by atoms with Crippen molar-refractivity contribution in [3.63, 3.8) is 0 Å². The average Bonchev–Trinajstić information content (AvgIpc) is 2.72. The Labute approximate surface area is 104 Å². The maximum atomic E-state index is 10.7. The van der Waals surface area contributed by atoms with Crippen LogP contribution in [0, 0.1) is 10.1 Å². The van der Waals surface area contributed by atoms with Crippen LogP contribution in [0.4, 0.5) is 5.95 Å². The van der Waals surface area contributed by atoms with Crippen LogP contribution in [0.3, 0.4) is 0 Å². The van der Waals surface area contributed by atoms with Crippen molar-refractivity contribution in [2.45, 2.75) is 12.5 Å². The van der Waals surface area contributed by atoms with Gasteiger partial charge in [0.05, 0.1) is 13.2 Å². The summed E-state index contributed by atoms with van der Waals surface area (Å²) in [6.07, 6.45) is 1.02. The lowest BCUT2D eigenvalue weighted by Gasteiger charge is -2.09. The molecule has 0 fully saturated rings. The lowest BCUT2D eigenvalue weighted by molar-refractivity contribution is -0.396. The van der Waals surface area contributed by atoms with Gasteiger partial charge in [0.15, 0.2) is 0 Å². The van der Waals surface area contributed by atoms with Gasteiger partial charge >= 0.3 is 5.95 Å². The Kier molecular flexibility index (Phi) is 3.38. The van der Waals surface area contributed by atoms with Crippen molar-refractivity contribution in [3.8, 4) is 0 Å². The number of benzene rings is 1. The van der Waals surface area contributed by atoms with Gasteiger partial charge in [-0.3, -0.25) is 0 Å². The molecule has 0 aliphatic carbocycles. The average molecular weight is 247 g/mol. The molecule has 0 saturated carbocycles. The van der Waals surface area contributed by atoms with Crippen molar-refractivity contribution < 1.29 is 10.0 Å². The lowest BCUT2D eigenvalue weighted by atomic mass is 10.1. The molecule has 0 bridgehead atoms. The number of aromatic nitrogens is 2. The molecule has 0 amide bonds. The number of nitrogens with zero attached hydrogens (tertiary/aromatic N) is 3. The van der Waals surface area contributed by atoms with E-state index in [1.54, 1.807) is 7.05 Å². The van der Waals surface area contributed by atoms with Crippen LogP contribution in [0.5, 0.6) is 0 Å². The smallest absolute Gasteiger partial charge is 0.390 e. The third-order valence-corrected chi connectivity index (χ3v) is 2.81. The highest BCUT2D eigenvalue weighted by atomic mass is 16.6. The van der Waals surface area contributed by atoms with Crippen molar-refractivity contribution in [1.29, 1.82) is 0 Å². The fourth-order valence-corrected chi connectivity index (χ4v) is 1.78. The van der Waals surface area contributed by atoms with Crippen LogP contribution in [-0.2, 0) is 13.5 Å². The molecule has 1 unspecified atom stereocenters.